The summed E-state index contributed by atoms with van der Waals surface area (Å²) in [5.74, 6) is -0.879. The third-order valence-electron chi connectivity index (χ3n) is 6.00. The quantitative estimate of drug-likeness (QED) is 0.710. The van der Waals surface area contributed by atoms with Gasteiger partial charge in [-0.3, -0.25) is 4.79 Å². The zero-order valence-corrected chi connectivity index (χ0v) is 14.9. The van der Waals surface area contributed by atoms with E-state index >= 15 is 0 Å². The maximum atomic E-state index is 12.4. The van der Waals surface area contributed by atoms with Crippen molar-refractivity contribution < 1.29 is 29.1 Å². The predicted octanol–water partition coefficient (Wildman–Crippen LogP) is 2.69. The molecule has 0 radical (unpaired) electrons. The number of carbonyl (C=O) groups excluding carboxylic acids is 1. The molecule has 2 spiro atoms. The maximum absolute atomic E-state index is 12.4. The molecule has 4 rings (SSSR count). The summed E-state index contributed by atoms with van der Waals surface area (Å²) in [5.41, 5.74) is 0. The Kier molecular flexibility index (Phi) is 5.29. The normalized spacial score (nSPS) is 29.8. The average Bonchev–Trinajstić information content (AvgIpc) is 2.68. The first-order valence-electron chi connectivity index (χ1n) is 9.78. The minimum absolute atomic E-state index is 0.239. The lowest BCUT2D eigenvalue weighted by atomic mass is 9.83. The Hall–Kier alpha value is -0.730. The predicted molar refractivity (Wildman–Crippen MR) is 86.9 cm³/mol. The molecular weight excluding hydrogens is 326 g/mol. The monoisotopic (exact) mass is 355 g/mol. The Morgan fingerprint density at radius 2 is 1.40 bits per heavy atom. The fourth-order valence-corrected chi connectivity index (χ4v) is 4.27. The number of ether oxygens (including phenoxy) is 1. The Morgan fingerprint density at radius 1 is 0.840 bits per heavy atom. The van der Waals surface area contributed by atoms with Gasteiger partial charge in [0.15, 0.2) is 0 Å². The van der Waals surface area contributed by atoms with Crippen LogP contribution in [0.3, 0.4) is 0 Å². The van der Waals surface area contributed by atoms with Gasteiger partial charge in [-0.25, -0.2) is 0 Å². The number of amides is 1. The van der Waals surface area contributed by atoms with Crippen LogP contribution < -0.4 is 0 Å². The smallest absolute Gasteiger partial charge is 0.234 e. The maximum Gasteiger partial charge on any atom is 0.234 e. The molecule has 0 aromatic carbocycles. The number of hydrogen-bond donors (Lipinski definition) is 0. The van der Waals surface area contributed by atoms with Crippen molar-refractivity contribution in [2.75, 3.05) is 26.3 Å². The van der Waals surface area contributed by atoms with Crippen LogP contribution in [-0.2, 0) is 29.1 Å². The first-order valence-corrected chi connectivity index (χ1v) is 9.78. The highest BCUT2D eigenvalue weighted by Crippen LogP contribution is 2.45. The molecule has 7 nitrogen and oxygen atoms in total. The average molecular weight is 355 g/mol. The summed E-state index contributed by atoms with van der Waals surface area (Å²) in [6.45, 7) is 2.73. The van der Waals surface area contributed by atoms with Crippen LogP contribution in [0.5, 0.6) is 0 Å². The minimum atomic E-state index is -0.790. The zero-order chi connectivity index (χ0) is 17.2. The van der Waals surface area contributed by atoms with E-state index in [9.17, 15) is 4.79 Å². The van der Waals surface area contributed by atoms with Crippen molar-refractivity contribution in [3.05, 3.63) is 0 Å². The topological polar surface area (TPSA) is 66.5 Å². The van der Waals surface area contributed by atoms with Crippen LogP contribution in [0, 0.1) is 5.92 Å². The highest BCUT2D eigenvalue weighted by atomic mass is 17.4. The molecule has 2 saturated carbocycles. The molecule has 0 bridgehead atoms. The standard InChI is InChI=1S/C18H29NO6/c20-16(19-10-12-21-13-11-19)14-15-4-8-18(9-5-15)24-22-17(23-25-18)6-2-1-3-7-17/h15H,1-14H2. The summed E-state index contributed by atoms with van der Waals surface area (Å²) in [5, 5.41) is 0. The molecule has 4 fully saturated rings. The second kappa shape index (κ2) is 7.48. The van der Waals surface area contributed by atoms with Crippen LogP contribution >= 0.6 is 0 Å². The zero-order valence-electron chi connectivity index (χ0n) is 14.9. The Balaban J connectivity index is 1.23. The molecule has 7 heteroatoms. The Bertz CT molecular complexity index is 452. The number of nitrogens with zero attached hydrogens (tertiary/aromatic N) is 1. The van der Waals surface area contributed by atoms with Gasteiger partial charge in [0.1, 0.15) is 0 Å². The molecule has 1 amide bonds. The van der Waals surface area contributed by atoms with E-state index in [1.807, 2.05) is 4.90 Å². The lowest BCUT2D eigenvalue weighted by Gasteiger charge is -2.46. The molecule has 0 atom stereocenters. The van der Waals surface area contributed by atoms with Gasteiger partial charge < -0.3 is 9.64 Å². The second-order valence-electron chi connectivity index (χ2n) is 7.86. The lowest BCUT2D eigenvalue weighted by Crippen LogP contribution is -2.53. The molecule has 142 valence electrons. The number of rotatable bonds is 2. The first kappa shape index (κ1) is 17.7. The highest BCUT2D eigenvalue weighted by molar-refractivity contribution is 5.76. The van der Waals surface area contributed by atoms with Gasteiger partial charge in [-0.2, -0.15) is 19.6 Å². The van der Waals surface area contributed by atoms with E-state index in [-0.39, 0.29) is 5.91 Å². The van der Waals surface area contributed by atoms with E-state index in [2.05, 4.69) is 0 Å². The van der Waals surface area contributed by atoms with Gasteiger partial charge >= 0.3 is 0 Å². The van der Waals surface area contributed by atoms with Crippen molar-refractivity contribution in [3.63, 3.8) is 0 Å². The van der Waals surface area contributed by atoms with Gasteiger partial charge in [0.25, 0.3) is 0 Å². The summed E-state index contributed by atoms with van der Waals surface area (Å²) in [6.07, 6.45) is 8.76. The first-order chi connectivity index (χ1) is 12.2. The Labute approximate surface area is 148 Å². The minimum Gasteiger partial charge on any atom is -0.378 e. The molecule has 2 aliphatic carbocycles. The van der Waals surface area contributed by atoms with E-state index in [1.165, 1.54) is 6.42 Å². The van der Waals surface area contributed by atoms with Crippen LogP contribution in [0.4, 0.5) is 0 Å². The molecule has 25 heavy (non-hydrogen) atoms. The fraction of sp³-hybridized carbons (Fsp3) is 0.944. The third kappa shape index (κ3) is 4.01. The second-order valence-corrected chi connectivity index (χ2v) is 7.86. The molecule has 2 heterocycles. The molecule has 0 N–H and O–H groups in total. The van der Waals surface area contributed by atoms with Crippen LogP contribution in [-0.4, -0.2) is 48.7 Å². The van der Waals surface area contributed by atoms with Crippen LogP contribution in [0.15, 0.2) is 0 Å². The van der Waals surface area contributed by atoms with E-state index in [1.54, 1.807) is 0 Å². The van der Waals surface area contributed by atoms with Gasteiger partial charge in [-0.15, -0.1) is 0 Å². The molecular formula is C18H29NO6. The number of carbonyl (C=O) groups is 1. The third-order valence-corrected chi connectivity index (χ3v) is 6.00. The van der Waals surface area contributed by atoms with Crippen molar-refractivity contribution in [3.8, 4) is 0 Å². The SMILES string of the molecule is O=C(CC1CCC2(CC1)OOC1(CCCCC1)OO2)N1CCOCC1. The van der Waals surface area contributed by atoms with Crippen molar-refractivity contribution in [1.29, 1.82) is 0 Å². The van der Waals surface area contributed by atoms with Gasteiger partial charge in [0, 0.05) is 45.2 Å². The van der Waals surface area contributed by atoms with E-state index < -0.39 is 11.6 Å². The van der Waals surface area contributed by atoms with E-state index in [0.717, 1.165) is 38.5 Å². The lowest BCUT2D eigenvalue weighted by molar-refractivity contribution is -0.663. The van der Waals surface area contributed by atoms with Crippen molar-refractivity contribution >= 4 is 5.91 Å². The fourth-order valence-electron chi connectivity index (χ4n) is 4.27. The molecule has 4 aliphatic rings. The highest BCUT2D eigenvalue weighted by Gasteiger charge is 2.50. The Morgan fingerprint density at radius 3 is 2.00 bits per heavy atom. The van der Waals surface area contributed by atoms with Gasteiger partial charge in [-0.05, 0) is 31.6 Å². The van der Waals surface area contributed by atoms with Crippen molar-refractivity contribution in [2.24, 2.45) is 5.92 Å². The molecule has 2 saturated heterocycles. The summed E-state index contributed by atoms with van der Waals surface area (Å²) >= 11 is 0. The van der Waals surface area contributed by atoms with E-state index in [4.69, 9.17) is 24.3 Å². The summed E-state index contributed by atoms with van der Waals surface area (Å²) in [7, 11) is 0. The van der Waals surface area contributed by atoms with Crippen LogP contribution in [0.2, 0.25) is 0 Å². The van der Waals surface area contributed by atoms with Crippen molar-refractivity contribution in [2.45, 2.75) is 75.8 Å². The summed E-state index contributed by atoms with van der Waals surface area (Å²) < 4.78 is 5.31. The van der Waals surface area contributed by atoms with Crippen LogP contribution in [0.1, 0.15) is 64.2 Å². The van der Waals surface area contributed by atoms with Crippen LogP contribution in [0.25, 0.3) is 0 Å². The largest absolute Gasteiger partial charge is 0.378 e. The molecule has 0 aromatic heterocycles. The van der Waals surface area contributed by atoms with Gasteiger partial charge in [-0.1, -0.05) is 6.42 Å². The molecule has 0 aromatic rings. The van der Waals surface area contributed by atoms with Crippen molar-refractivity contribution in [1.82, 2.24) is 4.90 Å². The summed E-state index contributed by atoms with van der Waals surface area (Å²) in [4.78, 5) is 37.1. The van der Waals surface area contributed by atoms with Gasteiger partial charge in [0.05, 0.1) is 13.2 Å². The van der Waals surface area contributed by atoms with E-state index in [0.29, 0.717) is 51.5 Å². The molecule has 0 unspecified atom stereocenters. The van der Waals surface area contributed by atoms with Gasteiger partial charge in [0.2, 0.25) is 17.5 Å². The molecule has 2 aliphatic heterocycles. The number of morpholine rings is 1. The summed E-state index contributed by atoms with van der Waals surface area (Å²) in [6, 6.07) is 0. The number of hydrogen-bond acceptors (Lipinski definition) is 6.